The lowest BCUT2D eigenvalue weighted by atomic mass is 9.80. The number of rotatable bonds is 1. The van der Waals surface area contributed by atoms with Crippen LogP contribution < -0.4 is 0 Å². The second-order valence-corrected chi connectivity index (χ2v) is 5.18. The van der Waals surface area contributed by atoms with E-state index in [1.807, 2.05) is 0 Å². The van der Waals surface area contributed by atoms with Crippen LogP contribution in [-0.2, 0) is 0 Å². The van der Waals surface area contributed by atoms with E-state index in [2.05, 4.69) is 4.90 Å². The van der Waals surface area contributed by atoms with Crippen molar-refractivity contribution < 1.29 is 13.9 Å². The summed E-state index contributed by atoms with van der Waals surface area (Å²) in [6.07, 6.45) is 2.13. The average Bonchev–Trinajstić information content (AvgIpc) is 2.80. The van der Waals surface area contributed by atoms with E-state index >= 15 is 0 Å². The normalized spacial score (nSPS) is 37.4. The molecule has 0 amide bonds. The topological polar surface area (TPSA) is 23.5 Å². The quantitative estimate of drug-likeness (QED) is 0.720. The Morgan fingerprint density at radius 1 is 1.33 bits per heavy atom. The lowest BCUT2D eigenvalue weighted by Gasteiger charge is -2.35. The fourth-order valence-electron chi connectivity index (χ4n) is 3.62. The number of aliphatic hydroxyl groups is 1. The Hall–Kier alpha value is -0.480. The first-order valence-corrected chi connectivity index (χ1v) is 5.53. The highest BCUT2D eigenvalue weighted by molar-refractivity contribution is 5.29. The van der Waals surface area contributed by atoms with Crippen LogP contribution in [0.2, 0.25) is 0 Å². The second kappa shape index (κ2) is 2.80. The maximum atomic E-state index is 12.6. The molecule has 0 bridgehead atoms. The minimum absolute atomic E-state index is 0.0315. The first-order valence-electron chi connectivity index (χ1n) is 5.53. The van der Waals surface area contributed by atoms with E-state index in [1.54, 1.807) is 0 Å². The summed E-state index contributed by atoms with van der Waals surface area (Å²) in [5.74, 6) is 0. The van der Waals surface area contributed by atoms with Gasteiger partial charge in [-0.05, 0) is 37.6 Å². The van der Waals surface area contributed by atoms with Crippen LogP contribution in [0.5, 0.6) is 0 Å². The van der Waals surface area contributed by atoms with Gasteiger partial charge in [-0.2, -0.15) is 8.78 Å². The Morgan fingerprint density at radius 3 is 2.60 bits per heavy atom. The first kappa shape index (κ1) is 9.73. The standard InChI is InChI=1S/C11H15F2NO/c12-9(13)8-5-11(7-15)10(1-2-10)3-4-14(11)6-8/h15H,1-7H2/t11-/m0/s1. The molecule has 2 heterocycles. The predicted octanol–water partition coefficient (Wildman–Crippen LogP) is 1.76. The SMILES string of the molecule is OC[C@]12CC(=C(F)F)CN1CCC21CC1. The lowest BCUT2D eigenvalue weighted by Crippen LogP contribution is -2.47. The number of nitrogens with zero attached hydrogens (tertiary/aromatic N) is 1. The number of hydrogen-bond acceptors (Lipinski definition) is 2. The van der Waals surface area contributed by atoms with Crippen molar-refractivity contribution in [3.8, 4) is 0 Å². The molecule has 0 aromatic heterocycles. The Bertz CT molecular complexity index is 333. The van der Waals surface area contributed by atoms with Crippen molar-refractivity contribution in [1.82, 2.24) is 4.90 Å². The second-order valence-electron chi connectivity index (χ2n) is 5.18. The van der Waals surface area contributed by atoms with E-state index in [4.69, 9.17) is 0 Å². The fourth-order valence-corrected chi connectivity index (χ4v) is 3.62. The number of aliphatic hydroxyl groups excluding tert-OH is 1. The molecule has 1 N–H and O–H groups in total. The van der Waals surface area contributed by atoms with Crippen molar-refractivity contribution in [1.29, 1.82) is 0 Å². The fraction of sp³-hybridized carbons (Fsp3) is 0.818. The molecule has 3 aliphatic rings. The molecule has 4 heteroatoms. The lowest BCUT2D eigenvalue weighted by molar-refractivity contribution is 0.0574. The average molecular weight is 215 g/mol. The third-order valence-corrected chi connectivity index (χ3v) is 4.72. The van der Waals surface area contributed by atoms with Crippen molar-refractivity contribution in [2.24, 2.45) is 5.41 Å². The van der Waals surface area contributed by atoms with E-state index in [0.29, 0.717) is 13.0 Å². The molecule has 1 saturated carbocycles. The number of hydrogen-bond donors (Lipinski definition) is 1. The van der Waals surface area contributed by atoms with Crippen LogP contribution in [-0.4, -0.2) is 35.2 Å². The molecule has 1 aliphatic carbocycles. The van der Waals surface area contributed by atoms with Gasteiger partial charge in [0.25, 0.3) is 6.08 Å². The zero-order valence-corrected chi connectivity index (χ0v) is 8.60. The van der Waals surface area contributed by atoms with Gasteiger partial charge in [0, 0.05) is 12.1 Å². The molecule has 15 heavy (non-hydrogen) atoms. The molecule has 2 saturated heterocycles. The van der Waals surface area contributed by atoms with Gasteiger partial charge in [-0.1, -0.05) is 0 Å². The largest absolute Gasteiger partial charge is 0.394 e. The highest BCUT2D eigenvalue weighted by atomic mass is 19.3. The summed E-state index contributed by atoms with van der Waals surface area (Å²) < 4.78 is 25.2. The van der Waals surface area contributed by atoms with Gasteiger partial charge in [0.05, 0.1) is 12.1 Å². The van der Waals surface area contributed by atoms with Gasteiger partial charge in [0.2, 0.25) is 0 Å². The van der Waals surface area contributed by atoms with Gasteiger partial charge >= 0.3 is 0 Å². The van der Waals surface area contributed by atoms with Crippen molar-refractivity contribution >= 4 is 0 Å². The maximum absolute atomic E-state index is 12.6. The van der Waals surface area contributed by atoms with E-state index in [-0.39, 0.29) is 23.1 Å². The Labute approximate surface area is 87.6 Å². The van der Waals surface area contributed by atoms with E-state index in [9.17, 15) is 13.9 Å². The van der Waals surface area contributed by atoms with Crippen LogP contribution in [0.15, 0.2) is 11.7 Å². The van der Waals surface area contributed by atoms with Crippen LogP contribution in [0.25, 0.3) is 0 Å². The van der Waals surface area contributed by atoms with Gasteiger partial charge in [-0.3, -0.25) is 4.90 Å². The highest BCUT2D eigenvalue weighted by Gasteiger charge is 2.67. The van der Waals surface area contributed by atoms with Crippen LogP contribution in [0.4, 0.5) is 8.78 Å². The summed E-state index contributed by atoms with van der Waals surface area (Å²) in [6, 6.07) is 0. The molecule has 3 rings (SSSR count). The third-order valence-electron chi connectivity index (χ3n) is 4.72. The van der Waals surface area contributed by atoms with Crippen LogP contribution in [0.3, 0.4) is 0 Å². The molecular formula is C11H15F2NO. The van der Waals surface area contributed by atoms with Crippen molar-refractivity contribution in [2.75, 3.05) is 19.7 Å². The van der Waals surface area contributed by atoms with Gasteiger partial charge < -0.3 is 5.11 Å². The van der Waals surface area contributed by atoms with Crippen molar-refractivity contribution in [3.05, 3.63) is 11.7 Å². The summed E-state index contributed by atoms with van der Waals surface area (Å²) in [5.41, 5.74) is 0.0695. The monoisotopic (exact) mass is 215 g/mol. The van der Waals surface area contributed by atoms with E-state index in [1.165, 1.54) is 0 Å². The van der Waals surface area contributed by atoms with Gasteiger partial charge in [-0.15, -0.1) is 0 Å². The number of halogens is 2. The smallest absolute Gasteiger partial charge is 0.270 e. The predicted molar refractivity (Wildman–Crippen MR) is 51.5 cm³/mol. The molecule has 84 valence electrons. The van der Waals surface area contributed by atoms with Gasteiger partial charge in [0.1, 0.15) is 0 Å². The Kier molecular flexibility index (Phi) is 1.81. The van der Waals surface area contributed by atoms with E-state index in [0.717, 1.165) is 25.8 Å². The van der Waals surface area contributed by atoms with E-state index < -0.39 is 6.08 Å². The summed E-state index contributed by atoms with van der Waals surface area (Å²) >= 11 is 0. The van der Waals surface area contributed by atoms with Gasteiger partial charge in [-0.25, -0.2) is 0 Å². The summed E-state index contributed by atoms with van der Waals surface area (Å²) in [5, 5.41) is 9.59. The third kappa shape index (κ3) is 1.04. The molecule has 1 atom stereocenters. The molecule has 3 fully saturated rings. The van der Waals surface area contributed by atoms with Crippen LogP contribution >= 0.6 is 0 Å². The van der Waals surface area contributed by atoms with Crippen LogP contribution in [0.1, 0.15) is 25.7 Å². The van der Waals surface area contributed by atoms with Crippen molar-refractivity contribution in [3.63, 3.8) is 0 Å². The zero-order chi connectivity index (χ0) is 10.7. The molecule has 0 aromatic carbocycles. The maximum Gasteiger partial charge on any atom is 0.270 e. The minimum atomic E-state index is -1.53. The summed E-state index contributed by atoms with van der Waals surface area (Å²) in [6.45, 7) is 1.27. The molecule has 2 nitrogen and oxygen atoms in total. The number of fused-ring (bicyclic) bond motifs is 2. The Balaban J connectivity index is 1.98. The molecule has 0 aromatic rings. The minimum Gasteiger partial charge on any atom is -0.394 e. The van der Waals surface area contributed by atoms with Crippen LogP contribution in [0, 0.1) is 5.41 Å². The molecular weight excluding hydrogens is 200 g/mol. The zero-order valence-electron chi connectivity index (χ0n) is 8.60. The summed E-state index contributed by atoms with van der Waals surface area (Å²) in [4.78, 5) is 2.08. The molecule has 0 unspecified atom stereocenters. The molecule has 0 radical (unpaired) electrons. The molecule has 2 aliphatic heterocycles. The van der Waals surface area contributed by atoms with Crippen molar-refractivity contribution in [2.45, 2.75) is 31.2 Å². The first-order chi connectivity index (χ1) is 7.13. The van der Waals surface area contributed by atoms with Gasteiger partial charge in [0.15, 0.2) is 0 Å². The Morgan fingerprint density at radius 2 is 2.07 bits per heavy atom. The molecule has 1 spiro atoms. The highest BCUT2D eigenvalue weighted by Crippen LogP contribution is 2.66. The summed E-state index contributed by atoms with van der Waals surface area (Å²) in [7, 11) is 0.